The highest BCUT2D eigenvalue weighted by molar-refractivity contribution is 5.71. The van der Waals surface area contributed by atoms with Crippen molar-refractivity contribution >= 4 is 5.97 Å². The van der Waals surface area contributed by atoms with E-state index in [0.717, 1.165) is 17.9 Å². The molecule has 0 aliphatic rings. The highest BCUT2D eigenvalue weighted by Crippen LogP contribution is 2.19. The molecule has 0 aliphatic carbocycles. The molecule has 0 bridgehead atoms. The minimum atomic E-state index is -0.196. The summed E-state index contributed by atoms with van der Waals surface area (Å²) in [5.74, 6) is 0.633. The van der Waals surface area contributed by atoms with E-state index in [1.54, 1.807) is 6.08 Å². The van der Waals surface area contributed by atoms with Gasteiger partial charge in [-0.3, -0.25) is 9.69 Å². The Bertz CT molecular complexity index is 431. The van der Waals surface area contributed by atoms with E-state index < -0.39 is 0 Å². The van der Waals surface area contributed by atoms with Crippen molar-refractivity contribution in [3.63, 3.8) is 0 Å². The lowest BCUT2D eigenvalue weighted by atomic mass is 10.2. The van der Waals surface area contributed by atoms with E-state index in [0.29, 0.717) is 26.3 Å². The summed E-state index contributed by atoms with van der Waals surface area (Å²) in [5.41, 5.74) is 1.06. The third-order valence-corrected chi connectivity index (χ3v) is 2.83. The maximum atomic E-state index is 11.6. The summed E-state index contributed by atoms with van der Waals surface area (Å²) in [7, 11) is 0. The Kier molecular flexibility index (Phi) is 7.43. The molecule has 0 heterocycles. The Morgan fingerprint density at radius 1 is 1.35 bits per heavy atom. The molecule has 4 heteroatoms. The molecule has 0 aromatic heterocycles. The van der Waals surface area contributed by atoms with Crippen molar-refractivity contribution in [2.45, 2.75) is 20.4 Å². The zero-order valence-corrected chi connectivity index (χ0v) is 12.3. The lowest BCUT2D eigenvalue weighted by Crippen LogP contribution is -2.30. The van der Waals surface area contributed by atoms with E-state index in [2.05, 4.69) is 6.58 Å². The van der Waals surface area contributed by atoms with Gasteiger partial charge >= 0.3 is 5.97 Å². The van der Waals surface area contributed by atoms with Crippen LogP contribution in [0.4, 0.5) is 0 Å². The van der Waals surface area contributed by atoms with Gasteiger partial charge in [-0.25, -0.2) is 0 Å². The van der Waals surface area contributed by atoms with Crippen LogP contribution >= 0.6 is 0 Å². The summed E-state index contributed by atoms with van der Waals surface area (Å²) >= 11 is 0. The second-order valence-electron chi connectivity index (χ2n) is 4.32. The molecule has 0 radical (unpaired) electrons. The fraction of sp³-hybridized carbons (Fsp3) is 0.438. The molecule has 0 atom stereocenters. The predicted octanol–water partition coefficient (Wildman–Crippen LogP) is 2.64. The summed E-state index contributed by atoms with van der Waals surface area (Å²) in [6, 6.07) is 7.83. The van der Waals surface area contributed by atoms with Gasteiger partial charge in [-0.15, -0.1) is 0 Å². The number of para-hydroxylation sites is 1. The van der Waals surface area contributed by atoms with Gasteiger partial charge in [0.25, 0.3) is 0 Å². The van der Waals surface area contributed by atoms with Crippen molar-refractivity contribution in [2.75, 3.05) is 26.3 Å². The molecule has 0 saturated carbocycles. The van der Waals surface area contributed by atoms with Gasteiger partial charge in [-0.1, -0.05) is 37.8 Å². The summed E-state index contributed by atoms with van der Waals surface area (Å²) in [6.45, 7) is 10.1. The van der Waals surface area contributed by atoms with Crippen LogP contribution in [-0.4, -0.2) is 37.2 Å². The molecule has 1 rings (SSSR count). The van der Waals surface area contributed by atoms with Gasteiger partial charge in [-0.05, 0) is 19.5 Å². The zero-order valence-electron chi connectivity index (χ0n) is 12.3. The first-order chi connectivity index (χ1) is 9.71. The normalized spacial score (nSPS) is 10.3. The minimum absolute atomic E-state index is 0.196. The molecule has 0 spiro atoms. The van der Waals surface area contributed by atoms with Crippen LogP contribution in [-0.2, 0) is 16.1 Å². The molecular formula is C16H23NO3. The molecule has 0 unspecified atom stereocenters. The van der Waals surface area contributed by atoms with Crippen LogP contribution in [0.25, 0.3) is 0 Å². The maximum Gasteiger partial charge on any atom is 0.320 e. The molecule has 110 valence electrons. The van der Waals surface area contributed by atoms with Crippen LogP contribution < -0.4 is 4.74 Å². The van der Waals surface area contributed by atoms with Crippen LogP contribution in [0.2, 0.25) is 0 Å². The average Bonchev–Trinajstić information content (AvgIpc) is 2.45. The quantitative estimate of drug-likeness (QED) is 0.514. The lowest BCUT2D eigenvalue weighted by molar-refractivity contribution is -0.144. The number of carbonyl (C=O) groups is 1. The average molecular weight is 277 g/mol. The van der Waals surface area contributed by atoms with Gasteiger partial charge in [0.1, 0.15) is 12.4 Å². The largest absolute Gasteiger partial charge is 0.489 e. The van der Waals surface area contributed by atoms with Crippen LogP contribution in [0.5, 0.6) is 5.75 Å². The van der Waals surface area contributed by atoms with Crippen LogP contribution in [0.1, 0.15) is 19.4 Å². The SMILES string of the molecule is C=CCOc1ccccc1CN(CC)CC(=O)OCC. The van der Waals surface area contributed by atoms with E-state index in [-0.39, 0.29) is 5.97 Å². The third-order valence-electron chi connectivity index (χ3n) is 2.83. The summed E-state index contributed by atoms with van der Waals surface area (Å²) in [6.07, 6.45) is 1.72. The summed E-state index contributed by atoms with van der Waals surface area (Å²) in [4.78, 5) is 13.6. The number of rotatable bonds is 9. The Balaban J connectivity index is 2.68. The topological polar surface area (TPSA) is 38.8 Å². The molecule has 20 heavy (non-hydrogen) atoms. The number of nitrogens with zero attached hydrogens (tertiary/aromatic N) is 1. The number of hydrogen-bond acceptors (Lipinski definition) is 4. The minimum Gasteiger partial charge on any atom is -0.489 e. The Morgan fingerprint density at radius 3 is 2.75 bits per heavy atom. The zero-order chi connectivity index (χ0) is 14.8. The molecule has 0 saturated heterocycles. The Labute approximate surface area is 121 Å². The Morgan fingerprint density at radius 2 is 2.10 bits per heavy atom. The molecule has 1 aromatic carbocycles. The highest BCUT2D eigenvalue weighted by Gasteiger charge is 2.12. The van der Waals surface area contributed by atoms with Gasteiger partial charge in [0.2, 0.25) is 0 Å². The molecule has 0 aliphatic heterocycles. The third kappa shape index (κ3) is 5.45. The number of benzene rings is 1. The fourth-order valence-corrected chi connectivity index (χ4v) is 1.83. The maximum absolute atomic E-state index is 11.6. The van der Waals surface area contributed by atoms with Crippen molar-refractivity contribution in [1.29, 1.82) is 0 Å². The van der Waals surface area contributed by atoms with Crippen molar-refractivity contribution in [3.8, 4) is 5.75 Å². The number of hydrogen-bond donors (Lipinski definition) is 0. The first kappa shape index (κ1) is 16.2. The number of likely N-dealkylation sites (N-methyl/N-ethyl adjacent to an activating group) is 1. The van der Waals surface area contributed by atoms with Gasteiger partial charge in [-0.2, -0.15) is 0 Å². The summed E-state index contributed by atoms with van der Waals surface area (Å²) in [5, 5.41) is 0. The molecule has 1 aromatic rings. The van der Waals surface area contributed by atoms with Crippen molar-refractivity contribution in [1.82, 2.24) is 4.90 Å². The van der Waals surface area contributed by atoms with Gasteiger partial charge in [0.05, 0.1) is 13.2 Å². The molecular weight excluding hydrogens is 254 g/mol. The monoisotopic (exact) mass is 277 g/mol. The first-order valence-electron chi connectivity index (χ1n) is 6.90. The van der Waals surface area contributed by atoms with Crippen LogP contribution in [0, 0.1) is 0 Å². The predicted molar refractivity (Wildman–Crippen MR) is 79.7 cm³/mol. The van der Waals surface area contributed by atoms with Crippen molar-refractivity contribution in [3.05, 3.63) is 42.5 Å². The highest BCUT2D eigenvalue weighted by atomic mass is 16.5. The molecule has 0 N–H and O–H groups in total. The fourth-order valence-electron chi connectivity index (χ4n) is 1.83. The van der Waals surface area contributed by atoms with E-state index >= 15 is 0 Å². The standard InChI is InChI=1S/C16H23NO3/c1-4-11-20-15-10-8-7-9-14(15)12-17(5-2)13-16(18)19-6-3/h4,7-10H,1,5-6,11-13H2,2-3H3. The van der Waals surface area contributed by atoms with Gasteiger partial charge in [0.15, 0.2) is 0 Å². The number of carbonyl (C=O) groups excluding carboxylic acids is 1. The number of ether oxygens (including phenoxy) is 2. The Hall–Kier alpha value is -1.81. The van der Waals surface area contributed by atoms with E-state index in [1.807, 2.05) is 43.0 Å². The molecule has 4 nitrogen and oxygen atoms in total. The van der Waals surface area contributed by atoms with Crippen molar-refractivity contribution < 1.29 is 14.3 Å². The molecule has 0 fully saturated rings. The van der Waals surface area contributed by atoms with Crippen molar-refractivity contribution in [2.24, 2.45) is 0 Å². The van der Waals surface area contributed by atoms with Crippen LogP contribution in [0.3, 0.4) is 0 Å². The first-order valence-corrected chi connectivity index (χ1v) is 6.90. The van der Waals surface area contributed by atoms with E-state index in [9.17, 15) is 4.79 Å². The molecule has 0 amide bonds. The number of esters is 1. The van der Waals surface area contributed by atoms with E-state index in [4.69, 9.17) is 9.47 Å². The smallest absolute Gasteiger partial charge is 0.320 e. The van der Waals surface area contributed by atoms with Gasteiger partial charge < -0.3 is 9.47 Å². The van der Waals surface area contributed by atoms with Gasteiger partial charge in [0, 0.05) is 12.1 Å². The van der Waals surface area contributed by atoms with Crippen LogP contribution in [0.15, 0.2) is 36.9 Å². The lowest BCUT2D eigenvalue weighted by Gasteiger charge is -2.20. The summed E-state index contributed by atoms with van der Waals surface area (Å²) < 4.78 is 10.6. The van der Waals surface area contributed by atoms with E-state index in [1.165, 1.54) is 0 Å². The second-order valence-corrected chi connectivity index (χ2v) is 4.32. The second kappa shape index (κ2) is 9.15.